The monoisotopic (exact) mass is 329 g/mol. The van der Waals surface area contributed by atoms with Crippen molar-refractivity contribution in [3.05, 3.63) is 30.3 Å². The van der Waals surface area contributed by atoms with E-state index in [2.05, 4.69) is 12.2 Å². The fourth-order valence-corrected chi connectivity index (χ4v) is 3.83. The van der Waals surface area contributed by atoms with Crippen LogP contribution in [0.4, 0.5) is 5.69 Å². The van der Waals surface area contributed by atoms with Gasteiger partial charge in [0.05, 0.1) is 6.04 Å². The van der Waals surface area contributed by atoms with Gasteiger partial charge in [-0.3, -0.25) is 9.59 Å². The Bertz CT molecular complexity index is 590. The predicted molar refractivity (Wildman–Crippen MR) is 94.8 cm³/mol. The van der Waals surface area contributed by atoms with Crippen molar-refractivity contribution in [3.8, 4) is 0 Å². The molecular weight excluding hydrogens is 302 g/mol. The number of hydrogen-bond acceptors (Lipinski definition) is 3. The summed E-state index contributed by atoms with van der Waals surface area (Å²) in [5, 5.41) is 3.59. The zero-order valence-electron chi connectivity index (χ0n) is 14.6. The Labute approximate surface area is 144 Å². The Kier molecular flexibility index (Phi) is 5.19. The third-order valence-electron chi connectivity index (χ3n) is 5.27. The average molecular weight is 329 g/mol. The van der Waals surface area contributed by atoms with E-state index in [1.165, 1.54) is 0 Å². The molecule has 0 bridgehead atoms. The van der Waals surface area contributed by atoms with Crippen LogP contribution in [0.1, 0.15) is 33.1 Å². The fourth-order valence-electron chi connectivity index (χ4n) is 3.83. The number of para-hydroxylation sites is 1. The van der Waals surface area contributed by atoms with Crippen molar-refractivity contribution in [2.75, 3.05) is 24.5 Å². The third kappa shape index (κ3) is 3.61. The van der Waals surface area contributed by atoms with Crippen molar-refractivity contribution in [2.45, 2.75) is 45.2 Å². The standard InChI is InChI=1S/C19H27N3O2/c1-14-13-21(15(2)23)12-10-17(14)20-18-9-6-11-22(19(18)24)16-7-4-3-5-8-16/h3-5,7-8,14,17-18,20H,6,9-13H2,1-2H3. The third-order valence-corrected chi connectivity index (χ3v) is 5.27. The Morgan fingerprint density at radius 3 is 2.58 bits per heavy atom. The van der Waals surface area contributed by atoms with Gasteiger partial charge in [0, 0.05) is 38.3 Å². The average Bonchev–Trinajstić information content (AvgIpc) is 2.59. The number of carbonyl (C=O) groups excluding carboxylic acids is 2. The number of rotatable bonds is 3. The molecule has 0 spiro atoms. The number of piperidine rings is 2. The minimum Gasteiger partial charge on any atom is -0.343 e. The minimum atomic E-state index is -0.115. The molecule has 5 heteroatoms. The van der Waals surface area contributed by atoms with Gasteiger partial charge < -0.3 is 15.1 Å². The largest absolute Gasteiger partial charge is 0.343 e. The molecule has 1 aromatic rings. The SMILES string of the molecule is CC(=O)N1CCC(NC2CCCN(c3ccccc3)C2=O)C(C)C1. The maximum atomic E-state index is 12.9. The van der Waals surface area contributed by atoms with Crippen molar-refractivity contribution in [2.24, 2.45) is 5.92 Å². The first-order chi connectivity index (χ1) is 11.6. The molecule has 2 aliphatic heterocycles. The first-order valence-corrected chi connectivity index (χ1v) is 8.94. The second-order valence-electron chi connectivity index (χ2n) is 7.02. The Hall–Kier alpha value is -1.88. The number of nitrogens with one attached hydrogen (secondary N) is 1. The molecule has 3 atom stereocenters. The molecule has 2 amide bonds. The molecule has 3 unspecified atom stereocenters. The van der Waals surface area contributed by atoms with E-state index in [1.54, 1.807) is 6.92 Å². The number of benzene rings is 1. The Morgan fingerprint density at radius 1 is 1.17 bits per heavy atom. The lowest BCUT2D eigenvalue weighted by atomic mass is 9.91. The van der Waals surface area contributed by atoms with Crippen LogP contribution in [0.3, 0.4) is 0 Å². The van der Waals surface area contributed by atoms with E-state index in [0.29, 0.717) is 12.0 Å². The predicted octanol–water partition coefficient (Wildman–Crippen LogP) is 2.03. The van der Waals surface area contributed by atoms with Crippen LogP contribution in [0.25, 0.3) is 0 Å². The highest BCUT2D eigenvalue weighted by Gasteiger charge is 2.34. The summed E-state index contributed by atoms with van der Waals surface area (Å²) >= 11 is 0. The van der Waals surface area contributed by atoms with E-state index in [0.717, 1.165) is 44.6 Å². The molecule has 2 saturated heterocycles. The van der Waals surface area contributed by atoms with Gasteiger partial charge >= 0.3 is 0 Å². The van der Waals surface area contributed by atoms with Gasteiger partial charge in [-0.05, 0) is 37.3 Å². The summed E-state index contributed by atoms with van der Waals surface area (Å²) in [6.07, 6.45) is 2.82. The van der Waals surface area contributed by atoms with E-state index in [4.69, 9.17) is 0 Å². The molecule has 0 saturated carbocycles. The smallest absolute Gasteiger partial charge is 0.244 e. The summed E-state index contributed by atoms with van der Waals surface area (Å²) in [7, 11) is 0. The normalized spacial score (nSPS) is 28.1. The van der Waals surface area contributed by atoms with E-state index in [9.17, 15) is 9.59 Å². The zero-order chi connectivity index (χ0) is 17.1. The van der Waals surface area contributed by atoms with Crippen molar-refractivity contribution in [3.63, 3.8) is 0 Å². The number of likely N-dealkylation sites (tertiary alicyclic amines) is 1. The lowest BCUT2D eigenvalue weighted by Gasteiger charge is -2.40. The second kappa shape index (κ2) is 7.34. The van der Waals surface area contributed by atoms with Crippen LogP contribution in [0, 0.1) is 5.92 Å². The molecule has 1 N–H and O–H groups in total. The zero-order valence-corrected chi connectivity index (χ0v) is 14.6. The van der Waals surface area contributed by atoms with Gasteiger partial charge in [0.25, 0.3) is 0 Å². The molecule has 1 aromatic carbocycles. The molecule has 5 nitrogen and oxygen atoms in total. The van der Waals surface area contributed by atoms with Crippen molar-refractivity contribution in [1.82, 2.24) is 10.2 Å². The van der Waals surface area contributed by atoms with E-state index >= 15 is 0 Å². The highest BCUT2D eigenvalue weighted by atomic mass is 16.2. The first-order valence-electron chi connectivity index (χ1n) is 8.94. The van der Waals surface area contributed by atoms with Crippen LogP contribution in [0.5, 0.6) is 0 Å². The van der Waals surface area contributed by atoms with Crippen LogP contribution >= 0.6 is 0 Å². The quantitative estimate of drug-likeness (QED) is 0.923. The summed E-state index contributed by atoms with van der Waals surface area (Å²) in [6, 6.07) is 10.1. The number of hydrogen-bond donors (Lipinski definition) is 1. The molecule has 0 aromatic heterocycles. The Morgan fingerprint density at radius 2 is 1.92 bits per heavy atom. The highest BCUT2D eigenvalue weighted by Crippen LogP contribution is 2.23. The van der Waals surface area contributed by atoms with Gasteiger partial charge in [-0.15, -0.1) is 0 Å². The Balaban J connectivity index is 1.63. The summed E-state index contributed by atoms with van der Waals surface area (Å²) in [5.74, 6) is 0.681. The van der Waals surface area contributed by atoms with Gasteiger partial charge in [0.15, 0.2) is 0 Å². The number of nitrogens with zero attached hydrogens (tertiary/aromatic N) is 2. The summed E-state index contributed by atoms with van der Waals surface area (Å²) in [5.41, 5.74) is 0.980. The fraction of sp³-hybridized carbons (Fsp3) is 0.579. The van der Waals surface area contributed by atoms with Crippen LogP contribution in [0.2, 0.25) is 0 Å². The van der Waals surface area contributed by atoms with Crippen molar-refractivity contribution >= 4 is 17.5 Å². The number of carbonyl (C=O) groups is 2. The van der Waals surface area contributed by atoms with Crippen LogP contribution in [0.15, 0.2) is 30.3 Å². The van der Waals surface area contributed by atoms with Crippen LogP contribution in [-0.4, -0.2) is 48.4 Å². The summed E-state index contributed by atoms with van der Waals surface area (Å²) < 4.78 is 0. The van der Waals surface area contributed by atoms with E-state index in [1.807, 2.05) is 40.1 Å². The van der Waals surface area contributed by atoms with Gasteiger partial charge in [-0.1, -0.05) is 25.1 Å². The molecular formula is C19H27N3O2. The lowest BCUT2D eigenvalue weighted by molar-refractivity contribution is -0.131. The van der Waals surface area contributed by atoms with Gasteiger partial charge in [0.2, 0.25) is 11.8 Å². The van der Waals surface area contributed by atoms with Crippen LogP contribution in [-0.2, 0) is 9.59 Å². The molecule has 0 aliphatic carbocycles. The first kappa shape index (κ1) is 17.0. The molecule has 24 heavy (non-hydrogen) atoms. The summed E-state index contributed by atoms with van der Waals surface area (Å²) in [6.45, 7) is 6.13. The van der Waals surface area contributed by atoms with E-state index in [-0.39, 0.29) is 17.9 Å². The molecule has 130 valence electrons. The van der Waals surface area contributed by atoms with Crippen LogP contribution < -0.4 is 10.2 Å². The lowest BCUT2D eigenvalue weighted by Crippen LogP contribution is -2.58. The maximum absolute atomic E-state index is 12.9. The second-order valence-corrected chi connectivity index (χ2v) is 7.02. The number of anilines is 1. The topological polar surface area (TPSA) is 52.7 Å². The van der Waals surface area contributed by atoms with Crippen molar-refractivity contribution < 1.29 is 9.59 Å². The van der Waals surface area contributed by atoms with Gasteiger partial charge in [-0.2, -0.15) is 0 Å². The molecule has 3 rings (SSSR count). The molecule has 0 radical (unpaired) electrons. The number of amides is 2. The molecule has 2 aliphatic rings. The minimum absolute atomic E-state index is 0.115. The van der Waals surface area contributed by atoms with Gasteiger partial charge in [0.1, 0.15) is 0 Å². The molecule has 2 fully saturated rings. The van der Waals surface area contributed by atoms with Crippen molar-refractivity contribution in [1.29, 1.82) is 0 Å². The van der Waals surface area contributed by atoms with E-state index < -0.39 is 0 Å². The highest BCUT2D eigenvalue weighted by molar-refractivity contribution is 5.97. The molecule has 2 heterocycles. The maximum Gasteiger partial charge on any atom is 0.244 e. The summed E-state index contributed by atoms with van der Waals surface area (Å²) in [4.78, 5) is 28.2. The van der Waals surface area contributed by atoms with Gasteiger partial charge in [-0.25, -0.2) is 0 Å².